The summed E-state index contributed by atoms with van der Waals surface area (Å²) in [5.41, 5.74) is 1.33. The maximum atomic E-state index is 12.7. The highest BCUT2D eigenvalue weighted by molar-refractivity contribution is 6.02. The molecule has 1 N–H and O–H groups in total. The lowest BCUT2D eigenvalue weighted by atomic mass is 10.2. The van der Waals surface area contributed by atoms with Gasteiger partial charge in [0, 0.05) is 0 Å². The summed E-state index contributed by atoms with van der Waals surface area (Å²) in [6.07, 6.45) is 1.38. The zero-order valence-corrected chi connectivity index (χ0v) is 17.5. The van der Waals surface area contributed by atoms with Gasteiger partial charge in [0.1, 0.15) is 29.7 Å². The molecule has 2 aromatic heterocycles. The van der Waals surface area contributed by atoms with E-state index < -0.39 is 11.9 Å². The summed E-state index contributed by atoms with van der Waals surface area (Å²) < 4.78 is 17.4. The fourth-order valence-electron chi connectivity index (χ4n) is 3.02. The van der Waals surface area contributed by atoms with Crippen molar-refractivity contribution in [3.63, 3.8) is 0 Å². The number of nitriles is 1. The molecule has 9 heteroatoms. The smallest absolute Gasteiger partial charge is 0.337 e. The Bertz CT molecular complexity index is 1320. The number of hydrogen-bond acceptors (Lipinski definition) is 7. The van der Waals surface area contributed by atoms with Gasteiger partial charge in [-0.3, -0.25) is 4.79 Å². The van der Waals surface area contributed by atoms with E-state index in [1.54, 1.807) is 30.3 Å². The van der Waals surface area contributed by atoms with Crippen LogP contribution in [0.5, 0.6) is 5.75 Å². The van der Waals surface area contributed by atoms with Gasteiger partial charge in [0.15, 0.2) is 11.6 Å². The minimum Gasteiger partial charge on any atom is -0.486 e. The van der Waals surface area contributed by atoms with Gasteiger partial charge in [0.2, 0.25) is 0 Å². The molecule has 4 aromatic rings. The van der Waals surface area contributed by atoms with E-state index in [9.17, 15) is 14.9 Å². The Labute approximate surface area is 188 Å². The van der Waals surface area contributed by atoms with Crippen LogP contribution in [0.2, 0.25) is 0 Å². The molecular formula is C24H18N4O5. The maximum absolute atomic E-state index is 12.7. The second-order valence-corrected chi connectivity index (χ2v) is 6.79. The molecule has 2 heterocycles. The number of anilines is 1. The molecule has 0 spiro atoms. The number of ether oxygens (including phenoxy) is 2. The summed E-state index contributed by atoms with van der Waals surface area (Å²) in [5, 5.41) is 16.3. The Hall–Kier alpha value is -4.84. The second kappa shape index (κ2) is 9.53. The van der Waals surface area contributed by atoms with Crippen LogP contribution in [0.15, 0.2) is 77.3 Å². The number of aromatic nitrogens is 2. The standard InChI is InChI=1S/C24H18N4O5/c1-31-24(30)16-7-9-19(10-8-16)32-15-20-11-12-21(33-20)23(29)27-22-17(13-25)14-26-28(22)18-5-3-2-4-6-18/h2-12,14H,15H2,1H3,(H,27,29). The fourth-order valence-corrected chi connectivity index (χ4v) is 3.02. The van der Waals surface area contributed by atoms with Crippen LogP contribution in [0.3, 0.4) is 0 Å². The second-order valence-electron chi connectivity index (χ2n) is 6.79. The third-order valence-corrected chi connectivity index (χ3v) is 4.66. The van der Waals surface area contributed by atoms with Crippen molar-refractivity contribution in [3.05, 3.63) is 95.6 Å². The Morgan fingerprint density at radius 3 is 2.55 bits per heavy atom. The molecule has 0 aliphatic rings. The molecule has 33 heavy (non-hydrogen) atoms. The molecule has 0 bridgehead atoms. The number of hydrogen-bond donors (Lipinski definition) is 1. The van der Waals surface area contributed by atoms with E-state index in [1.807, 2.05) is 36.4 Å². The minimum atomic E-state index is -0.530. The number of furan rings is 1. The number of carbonyl (C=O) groups is 2. The largest absolute Gasteiger partial charge is 0.486 e. The normalized spacial score (nSPS) is 10.3. The number of nitrogens with one attached hydrogen (secondary N) is 1. The lowest BCUT2D eigenvalue weighted by Gasteiger charge is -2.08. The van der Waals surface area contributed by atoms with Crippen molar-refractivity contribution in [2.45, 2.75) is 6.61 Å². The Kier molecular flexibility index (Phi) is 6.18. The number of rotatable bonds is 7. The molecule has 2 aromatic carbocycles. The van der Waals surface area contributed by atoms with Gasteiger partial charge in [-0.1, -0.05) is 18.2 Å². The molecule has 0 atom stereocenters. The van der Waals surface area contributed by atoms with Gasteiger partial charge in [0.25, 0.3) is 5.91 Å². The van der Waals surface area contributed by atoms with E-state index in [0.717, 1.165) is 0 Å². The topological polar surface area (TPSA) is 119 Å². The molecule has 0 radical (unpaired) electrons. The molecule has 0 aliphatic carbocycles. The van der Waals surface area contributed by atoms with Crippen LogP contribution in [-0.4, -0.2) is 28.8 Å². The summed E-state index contributed by atoms with van der Waals surface area (Å²) in [4.78, 5) is 24.2. The first kappa shape index (κ1) is 21.4. The number of benzene rings is 2. The summed E-state index contributed by atoms with van der Waals surface area (Å²) in [5.74, 6) is 0.284. The molecule has 1 amide bonds. The summed E-state index contributed by atoms with van der Waals surface area (Å²) in [6.45, 7) is 0.0796. The lowest BCUT2D eigenvalue weighted by molar-refractivity contribution is 0.0600. The molecule has 0 saturated heterocycles. The average Bonchev–Trinajstić information content (AvgIpc) is 3.50. The maximum Gasteiger partial charge on any atom is 0.337 e. The third-order valence-electron chi connectivity index (χ3n) is 4.66. The summed E-state index contributed by atoms with van der Waals surface area (Å²) in [7, 11) is 1.31. The molecule has 164 valence electrons. The number of carbonyl (C=O) groups excluding carboxylic acids is 2. The predicted octanol–water partition coefficient (Wildman–Crippen LogP) is 3.95. The Morgan fingerprint density at radius 2 is 1.85 bits per heavy atom. The van der Waals surface area contributed by atoms with Crippen LogP contribution in [-0.2, 0) is 11.3 Å². The first-order valence-corrected chi connectivity index (χ1v) is 9.84. The number of methoxy groups -OCH3 is 1. The van der Waals surface area contributed by atoms with E-state index in [2.05, 4.69) is 15.2 Å². The molecule has 4 rings (SSSR count). The van der Waals surface area contributed by atoms with Gasteiger partial charge in [-0.15, -0.1) is 0 Å². The van der Waals surface area contributed by atoms with E-state index in [1.165, 1.54) is 24.1 Å². The van der Waals surface area contributed by atoms with Gasteiger partial charge in [-0.2, -0.15) is 10.4 Å². The van der Waals surface area contributed by atoms with Crippen molar-refractivity contribution >= 4 is 17.7 Å². The molecule has 0 aliphatic heterocycles. The highest BCUT2D eigenvalue weighted by Crippen LogP contribution is 2.21. The monoisotopic (exact) mass is 442 g/mol. The van der Waals surface area contributed by atoms with Crippen molar-refractivity contribution in [2.75, 3.05) is 12.4 Å². The SMILES string of the molecule is COC(=O)c1ccc(OCc2ccc(C(=O)Nc3c(C#N)cnn3-c3ccccc3)o2)cc1. The number of nitrogens with zero attached hydrogens (tertiary/aromatic N) is 3. The molecule has 9 nitrogen and oxygen atoms in total. The van der Waals surface area contributed by atoms with E-state index in [4.69, 9.17) is 9.15 Å². The first-order valence-electron chi connectivity index (χ1n) is 9.84. The number of amides is 1. The zero-order chi connectivity index (χ0) is 23.2. The van der Waals surface area contributed by atoms with Crippen LogP contribution >= 0.6 is 0 Å². The number of para-hydroxylation sites is 1. The van der Waals surface area contributed by atoms with Crippen molar-refractivity contribution in [2.24, 2.45) is 0 Å². The Balaban J connectivity index is 1.43. The van der Waals surface area contributed by atoms with Gasteiger partial charge < -0.3 is 19.2 Å². The van der Waals surface area contributed by atoms with Gasteiger partial charge in [-0.05, 0) is 48.5 Å². The van der Waals surface area contributed by atoms with Gasteiger partial charge in [0.05, 0.1) is 24.6 Å². The lowest BCUT2D eigenvalue weighted by Crippen LogP contribution is -2.15. The van der Waals surface area contributed by atoms with Crippen molar-refractivity contribution in [1.82, 2.24) is 9.78 Å². The van der Waals surface area contributed by atoms with E-state index in [0.29, 0.717) is 22.8 Å². The fraction of sp³-hybridized carbons (Fsp3) is 0.0833. The Morgan fingerprint density at radius 1 is 1.09 bits per heavy atom. The van der Waals surface area contributed by atoms with Crippen LogP contribution in [0.1, 0.15) is 32.2 Å². The van der Waals surface area contributed by atoms with Gasteiger partial charge in [-0.25, -0.2) is 9.48 Å². The number of esters is 1. The van der Waals surface area contributed by atoms with Crippen molar-refractivity contribution < 1.29 is 23.5 Å². The predicted molar refractivity (Wildman–Crippen MR) is 117 cm³/mol. The molecular weight excluding hydrogens is 424 g/mol. The van der Waals surface area contributed by atoms with Crippen LogP contribution in [0, 0.1) is 11.3 Å². The van der Waals surface area contributed by atoms with Gasteiger partial charge >= 0.3 is 5.97 Å². The van der Waals surface area contributed by atoms with Crippen LogP contribution in [0.25, 0.3) is 5.69 Å². The highest BCUT2D eigenvalue weighted by atomic mass is 16.5. The van der Waals surface area contributed by atoms with E-state index in [-0.39, 0.29) is 23.7 Å². The molecule has 0 unspecified atom stereocenters. The quantitative estimate of drug-likeness (QED) is 0.430. The van der Waals surface area contributed by atoms with Crippen molar-refractivity contribution in [3.8, 4) is 17.5 Å². The summed E-state index contributed by atoms with van der Waals surface area (Å²) in [6, 6.07) is 20.7. The van der Waals surface area contributed by atoms with Crippen LogP contribution < -0.4 is 10.1 Å². The third kappa shape index (κ3) is 4.75. The average molecular weight is 442 g/mol. The minimum absolute atomic E-state index is 0.0549. The van der Waals surface area contributed by atoms with E-state index >= 15 is 0 Å². The first-order chi connectivity index (χ1) is 16.1. The van der Waals surface area contributed by atoms with Crippen LogP contribution in [0.4, 0.5) is 5.82 Å². The molecule has 0 saturated carbocycles. The van der Waals surface area contributed by atoms with Crippen molar-refractivity contribution in [1.29, 1.82) is 5.26 Å². The highest BCUT2D eigenvalue weighted by Gasteiger charge is 2.18. The summed E-state index contributed by atoms with van der Waals surface area (Å²) >= 11 is 0. The zero-order valence-electron chi connectivity index (χ0n) is 17.5. The molecule has 0 fully saturated rings.